The van der Waals surface area contributed by atoms with Crippen molar-refractivity contribution in [2.45, 2.75) is 6.04 Å². The summed E-state index contributed by atoms with van der Waals surface area (Å²) in [6, 6.07) is 8.01. The number of hydrogen-bond acceptors (Lipinski definition) is 4. The lowest BCUT2D eigenvalue weighted by atomic mass is 9.97. The Balaban J connectivity index is 2.08. The second-order valence-corrected chi connectivity index (χ2v) is 4.67. The lowest BCUT2D eigenvalue weighted by Crippen LogP contribution is -2.30. The third-order valence-corrected chi connectivity index (χ3v) is 3.29. The Morgan fingerprint density at radius 2 is 1.76 bits per heavy atom. The van der Waals surface area contributed by atoms with Crippen molar-refractivity contribution in [3.8, 4) is 11.5 Å². The summed E-state index contributed by atoms with van der Waals surface area (Å²) in [6.45, 7) is 0.880. The van der Waals surface area contributed by atoms with Crippen molar-refractivity contribution in [3.05, 3.63) is 59.2 Å². The van der Waals surface area contributed by atoms with Crippen LogP contribution in [0.4, 0.5) is 8.78 Å². The van der Waals surface area contributed by atoms with Crippen molar-refractivity contribution in [2.24, 2.45) is 5.84 Å². The van der Waals surface area contributed by atoms with Crippen LogP contribution in [-0.4, -0.2) is 13.2 Å². The van der Waals surface area contributed by atoms with Gasteiger partial charge in [0.05, 0.1) is 6.04 Å². The summed E-state index contributed by atoms with van der Waals surface area (Å²) in [4.78, 5) is 0. The van der Waals surface area contributed by atoms with Crippen LogP contribution in [-0.2, 0) is 0 Å². The number of fused-ring (bicyclic) bond motifs is 1. The first-order valence-corrected chi connectivity index (χ1v) is 6.49. The second-order valence-electron chi connectivity index (χ2n) is 4.67. The third-order valence-electron chi connectivity index (χ3n) is 3.29. The lowest BCUT2D eigenvalue weighted by Gasteiger charge is -2.25. The van der Waals surface area contributed by atoms with Crippen LogP contribution >= 0.6 is 0 Å². The fourth-order valence-corrected chi connectivity index (χ4v) is 2.43. The van der Waals surface area contributed by atoms with Crippen LogP contribution < -0.4 is 20.7 Å². The highest BCUT2D eigenvalue weighted by molar-refractivity contribution is 5.51. The Bertz CT molecular complexity index is 644. The molecule has 1 atom stereocenters. The molecule has 4 nitrogen and oxygen atoms in total. The van der Waals surface area contributed by atoms with Gasteiger partial charge in [0.1, 0.15) is 24.8 Å². The molecule has 3 N–H and O–H groups in total. The number of hydrogen-bond donors (Lipinski definition) is 2. The zero-order valence-electron chi connectivity index (χ0n) is 11.1. The van der Waals surface area contributed by atoms with Crippen LogP contribution in [0.3, 0.4) is 0 Å². The predicted octanol–water partition coefficient (Wildman–Crippen LogP) is 2.29. The van der Waals surface area contributed by atoms with Gasteiger partial charge in [0.15, 0.2) is 11.5 Å². The van der Waals surface area contributed by atoms with E-state index in [2.05, 4.69) is 5.43 Å². The molecule has 0 spiro atoms. The summed E-state index contributed by atoms with van der Waals surface area (Å²) in [5.74, 6) is 5.39. The minimum absolute atomic E-state index is 0.373. The first-order valence-electron chi connectivity index (χ1n) is 6.49. The molecule has 1 aliphatic heterocycles. The molecule has 1 unspecified atom stereocenters. The predicted molar refractivity (Wildman–Crippen MR) is 73.0 cm³/mol. The van der Waals surface area contributed by atoms with Crippen LogP contribution in [0.1, 0.15) is 17.2 Å². The zero-order valence-corrected chi connectivity index (χ0v) is 11.1. The molecule has 1 heterocycles. The molecule has 1 aliphatic rings. The Kier molecular flexibility index (Phi) is 3.72. The van der Waals surface area contributed by atoms with Crippen molar-refractivity contribution in [3.63, 3.8) is 0 Å². The Morgan fingerprint density at radius 1 is 1.05 bits per heavy atom. The molecular formula is C15H14F2N2O2. The molecule has 110 valence electrons. The van der Waals surface area contributed by atoms with Crippen molar-refractivity contribution in [2.75, 3.05) is 13.2 Å². The summed E-state index contributed by atoms with van der Waals surface area (Å²) in [5, 5.41) is 0. The summed E-state index contributed by atoms with van der Waals surface area (Å²) in [7, 11) is 0. The molecule has 0 fully saturated rings. The molecular weight excluding hydrogens is 278 g/mol. The van der Waals surface area contributed by atoms with E-state index in [0.29, 0.717) is 35.8 Å². The fraction of sp³-hybridized carbons (Fsp3) is 0.200. The molecule has 0 saturated carbocycles. The first-order chi connectivity index (χ1) is 10.2. The van der Waals surface area contributed by atoms with Crippen molar-refractivity contribution in [1.29, 1.82) is 0 Å². The largest absolute Gasteiger partial charge is 0.486 e. The summed E-state index contributed by atoms with van der Waals surface area (Å²) in [6.07, 6.45) is 0. The van der Waals surface area contributed by atoms with Gasteiger partial charge in [-0.25, -0.2) is 14.2 Å². The van der Waals surface area contributed by atoms with Gasteiger partial charge in [0.2, 0.25) is 0 Å². The molecule has 0 aliphatic carbocycles. The number of nitrogens with two attached hydrogens (primary N) is 1. The van der Waals surface area contributed by atoms with E-state index in [1.807, 2.05) is 0 Å². The monoisotopic (exact) mass is 292 g/mol. The van der Waals surface area contributed by atoms with E-state index in [1.54, 1.807) is 18.2 Å². The summed E-state index contributed by atoms with van der Waals surface area (Å²) >= 11 is 0. The Hall–Kier alpha value is -2.18. The summed E-state index contributed by atoms with van der Waals surface area (Å²) < 4.78 is 37.9. The van der Waals surface area contributed by atoms with Gasteiger partial charge in [-0.2, -0.15) is 0 Å². The fourth-order valence-electron chi connectivity index (χ4n) is 2.43. The van der Waals surface area contributed by atoms with Crippen molar-refractivity contribution in [1.82, 2.24) is 5.43 Å². The van der Waals surface area contributed by atoms with Gasteiger partial charge in [-0.05, 0) is 23.8 Å². The molecule has 0 aromatic heterocycles. The average molecular weight is 292 g/mol. The Labute approximate surface area is 120 Å². The van der Waals surface area contributed by atoms with Gasteiger partial charge >= 0.3 is 0 Å². The highest BCUT2D eigenvalue weighted by Gasteiger charge is 2.23. The number of para-hydroxylation sites is 1. The van der Waals surface area contributed by atoms with Gasteiger partial charge in [-0.3, -0.25) is 5.84 Å². The number of halogens is 2. The highest BCUT2D eigenvalue weighted by Crippen LogP contribution is 2.38. The quantitative estimate of drug-likeness (QED) is 0.673. The van der Waals surface area contributed by atoms with Crippen molar-refractivity contribution >= 4 is 0 Å². The minimum Gasteiger partial charge on any atom is -0.486 e. The number of ether oxygens (including phenoxy) is 2. The van der Waals surface area contributed by atoms with Gasteiger partial charge in [-0.15, -0.1) is 0 Å². The maximum absolute atomic E-state index is 13.4. The van der Waals surface area contributed by atoms with Gasteiger partial charge in [0.25, 0.3) is 0 Å². The van der Waals surface area contributed by atoms with Crippen LogP contribution in [0.25, 0.3) is 0 Å². The van der Waals surface area contributed by atoms with Gasteiger partial charge in [-0.1, -0.05) is 12.1 Å². The van der Waals surface area contributed by atoms with E-state index in [0.717, 1.165) is 6.07 Å². The van der Waals surface area contributed by atoms with Crippen LogP contribution in [0.2, 0.25) is 0 Å². The van der Waals surface area contributed by atoms with E-state index in [4.69, 9.17) is 15.3 Å². The minimum atomic E-state index is -0.660. The third kappa shape index (κ3) is 2.68. The van der Waals surface area contributed by atoms with Crippen molar-refractivity contribution < 1.29 is 18.3 Å². The molecule has 6 heteroatoms. The molecule has 0 radical (unpaired) electrons. The molecule has 2 aromatic rings. The molecule has 2 aromatic carbocycles. The van der Waals surface area contributed by atoms with Gasteiger partial charge in [0, 0.05) is 11.6 Å². The van der Waals surface area contributed by atoms with E-state index >= 15 is 0 Å². The van der Waals surface area contributed by atoms with E-state index in [1.165, 1.54) is 12.1 Å². The maximum Gasteiger partial charge on any atom is 0.166 e. The van der Waals surface area contributed by atoms with Crippen LogP contribution in [0.5, 0.6) is 11.5 Å². The number of rotatable bonds is 3. The van der Waals surface area contributed by atoms with Crippen LogP contribution in [0.15, 0.2) is 36.4 Å². The maximum atomic E-state index is 13.4. The molecule has 0 bridgehead atoms. The Morgan fingerprint density at radius 3 is 2.48 bits per heavy atom. The lowest BCUT2D eigenvalue weighted by molar-refractivity contribution is 0.169. The van der Waals surface area contributed by atoms with E-state index < -0.39 is 17.7 Å². The average Bonchev–Trinajstić information content (AvgIpc) is 2.47. The number of nitrogens with one attached hydrogen (secondary N) is 1. The van der Waals surface area contributed by atoms with Gasteiger partial charge < -0.3 is 9.47 Å². The first kappa shape index (κ1) is 13.8. The van der Waals surface area contributed by atoms with E-state index in [-0.39, 0.29) is 0 Å². The molecule has 21 heavy (non-hydrogen) atoms. The number of benzene rings is 2. The van der Waals surface area contributed by atoms with E-state index in [9.17, 15) is 8.78 Å². The normalized spacial score (nSPS) is 14.8. The summed E-state index contributed by atoms with van der Waals surface area (Å²) in [5.41, 5.74) is 3.61. The highest BCUT2D eigenvalue weighted by atomic mass is 19.1. The SMILES string of the molecule is NNC(c1cc(F)cc(F)c1)c1cccc2c1OCCO2. The molecule has 0 saturated heterocycles. The molecule has 3 rings (SSSR count). The molecule has 0 amide bonds. The van der Waals surface area contributed by atoms with Crippen LogP contribution in [0, 0.1) is 11.6 Å². The smallest absolute Gasteiger partial charge is 0.166 e. The number of hydrazine groups is 1. The standard InChI is InChI=1S/C15H14F2N2O2/c16-10-6-9(7-11(17)8-10)14(19-18)12-2-1-3-13-15(12)21-5-4-20-13/h1-3,6-8,14,19H,4-5,18H2. The topological polar surface area (TPSA) is 56.5 Å². The zero-order chi connectivity index (χ0) is 14.8. The second kappa shape index (κ2) is 5.67.